The van der Waals surface area contributed by atoms with Crippen LogP contribution in [0.3, 0.4) is 0 Å². The fourth-order valence-electron chi connectivity index (χ4n) is 2.07. The quantitative estimate of drug-likeness (QED) is 0.578. The summed E-state index contributed by atoms with van der Waals surface area (Å²) in [5, 5.41) is 25.5. The Balaban J connectivity index is 1.98. The van der Waals surface area contributed by atoms with Crippen molar-refractivity contribution in [1.29, 1.82) is 0 Å². The van der Waals surface area contributed by atoms with Crippen LogP contribution < -0.4 is 10.6 Å². The molecule has 1 atom stereocenters. The number of anilines is 1. The third kappa shape index (κ3) is 4.26. The molecule has 1 unspecified atom stereocenters. The molecule has 2 rings (SSSR count). The lowest BCUT2D eigenvalue weighted by Gasteiger charge is -2.14. The first-order valence-corrected chi connectivity index (χ1v) is 7.11. The molecule has 2 aromatic rings. The maximum absolute atomic E-state index is 13.5. The highest BCUT2D eigenvalue weighted by molar-refractivity contribution is 5.90. The number of nitro groups is 1. The Morgan fingerprint density at radius 1 is 1.33 bits per heavy atom. The zero-order valence-corrected chi connectivity index (χ0v) is 12.8. The average Bonchev–Trinajstić information content (AvgIpc) is 2.55. The van der Waals surface area contributed by atoms with E-state index in [0.29, 0.717) is 5.56 Å². The summed E-state index contributed by atoms with van der Waals surface area (Å²) in [6.45, 7) is 1.48. The normalized spacial score (nSPS) is 11.6. The number of carbonyl (C=O) groups is 1. The van der Waals surface area contributed by atoms with Crippen molar-refractivity contribution in [3.8, 4) is 0 Å². The molecule has 7 nitrogen and oxygen atoms in total. The van der Waals surface area contributed by atoms with Gasteiger partial charge in [0.1, 0.15) is 5.82 Å². The highest BCUT2D eigenvalue weighted by Crippen LogP contribution is 2.22. The average molecular weight is 333 g/mol. The van der Waals surface area contributed by atoms with Crippen molar-refractivity contribution < 1.29 is 19.2 Å². The van der Waals surface area contributed by atoms with E-state index in [1.165, 1.54) is 36.4 Å². The number of nitrogens with one attached hydrogen (secondary N) is 2. The molecule has 2 aromatic carbocycles. The second-order valence-corrected chi connectivity index (χ2v) is 5.13. The Bertz CT molecular complexity index is 767. The van der Waals surface area contributed by atoms with Gasteiger partial charge >= 0.3 is 6.03 Å². The Kier molecular flexibility index (Phi) is 5.43. The third-order valence-corrected chi connectivity index (χ3v) is 3.40. The van der Waals surface area contributed by atoms with Crippen molar-refractivity contribution in [3.63, 3.8) is 0 Å². The van der Waals surface area contributed by atoms with Crippen LogP contribution in [-0.2, 0) is 0 Å². The van der Waals surface area contributed by atoms with Crippen LogP contribution in [0.15, 0.2) is 42.5 Å². The maximum atomic E-state index is 13.5. The van der Waals surface area contributed by atoms with Gasteiger partial charge in [0.2, 0.25) is 0 Å². The topological polar surface area (TPSA) is 105 Å². The van der Waals surface area contributed by atoms with Crippen LogP contribution in [0.4, 0.5) is 20.6 Å². The number of aliphatic hydroxyl groups is 1. The van der Waals surface area contributed by atoms with Gasteiger partial charge in [0, 0.05) is 24.2 Å². The second kappa shape index (κ2) is 7.51. The first-order chi connectivity index (χ1) is 11.4. The Morgan fingerprint density at radius 2 is 2.04 bits per heavy atom. The summed E-state index contributed by atoms with van der Waals surface area (Å²) < 4.78 is 13.5. The maximum Gasteiger partial charge on any atom is 0.319 e. The molecule has 0 heterocycles. The Labute approximate surface area is 137 Å². The molecular weight excluding hydrogens is 317 g/mol. The number of aliphatic hydroxyl groups excluding tert-OH is 1. The summed E-state index contributed by atoms with van der Waals surface area (Å²) in [4.78, 5) is 22.1. The lowest BCUT2D eigenvalue weighted by molar-refractivity contribution is -0.384. The number of urea groups is 1. The SMILES string of the molecule is Cc1ccc([N+](=O)[O-])cc1NC(=O)NCC(O)c1ccccc1F. The fraction of sp³-hybridized carbons (Fsp3) is 0.188. The van der Waals surface area contributed by atoms with Gasteiger partial charge in [-0.3, -0.25) is 10.1 Å². The van der Waals surface area contributed by atoms with Gasteiger partial charge < -0.3 is 15.7 Å². The minimum atomic E-state index is -1.21. The van der Waals surface area contributed by atoms with E-state index in [4.69, 9.17) is 0 Å². The van der Waals surface area contributed by atoms with Crippen molar-refractivity contribution in [2.75, 3.05) is 11.9 Å². The number of aryl methyl sites for hydroxylation is 1. The molecular formula is C16H16FN3O4. The summed E-state index contributed by atoms with van der Waals surface area (Å²) in [6, 6.07) is 9.14. The lowest BCUT2D eigenvalue weighted by atomic mass is 10.1. The molecule has 0 saturated carbocycles. The number of nitrogens with zero attached hydrogens (tertiary/aromatic N) is 1. The Morgan fingerprint density at radius 3 is 2.71 bits per heavy atom. The predicted molar refractivity (Wildman–Crippen MR) is 86.2 cm³/mol. The molecule has 2 amide bonds. The molecule has 0 bridgehead atoms. The number of carbonyl (C=O) groups excluding carboxylic acids is 1. The molecule has 3 N–H and O–H groups in total. The molecule has 126 valence electrons. The summed E-state index contributed by atoms with van der Waals surface area (Å²) in [5.41, 5.74) is 0.846. The minimum Gasteiger partial charge on any atom is -0.386 e. The highest BCUT2D eigenvalue weighted by atomic mass is 19.1. The molecule has 0 radical (unpaired) electrons. The van der Waals surface area contributed by atoms with E-state index >= 15 is 0 Å². The van der Waals surface area contributed by atoms with Gasteiger partial charge in [0.25, 0.3) is 5.69 Å². The highest BCUT2D eigenvalue weighted by Gasteiger charge is 2.15. The van der Waals surface area contributed by atoms with E-state index < -0.39 is 22.9 Å². The standard InChI is InChI=1S/C16H16FN3O4/c1-10-6-7-11(20(23)24)8-14(10)19-16(22)18-9-15(21)12-4-2-3-5-13(12)17/h2-8,15,21H,9H2,1H3,(H2,18,19,22). The van der Waals surface area contributed by atoms with Crippen molar-refractivity contribution in [2.24, 2.45) is 0 Å². The zero-order valence-electron chi connectivity index (χ0n) is 12.8. The second-order valence-electron chi connectivity index (χ2n) is 5.13. The molecule has 0 saturated heterocycles. The van der Waals surface area contributed by atoms with Gasteiger partial charge in [0.15, 0.2) is 0 Å². The fourth-order valence-corrected chi connectivity index (χ4v) is 2.07. The summed E-state index contributed by atoms with van der Waals surface area (Å²) in [5.74, 6) is -0.568. The molecule has 0 spiro atoms. The van der Waals surface area contributed by atoms with Crippen molar-refractivity contribution in [2.45, 2.75) is 13.0 Å². The number of halogens is 1. The van der Waals surface area contributed by atoms with Gasteiger partial charge in [-0.1, -0.05) is 24.3 Å². The molecule has 24 heavy (non-hydrogen) atoms. The zero-order chi connectivity index (χ0) is 17.7. The van der Waals surface area contributed by atoms with Crippen LogP contribution in [0, 0.1) is 22.9 Å². The molecule has 8 heteroatoms. The number of amides is 2. The van der Waals surface area contributed by atoms with Gasteiger partial charge in [-0.05, 0) is 18.6 Å². The molecule has 0 fully saturated rings. The third-order valence-electron chi connectivity index (χ3n) is 3.40. The van der Waals surface area contributed by atoms with Crippen molar-refractivity contribution in [3.05, 3.63) is 69.5 Å². The number of hydrogen-bond acceptors (Lipinski definition) is 4. The van der Waals surface area contributed by atoms with E-state index in [-0.39, 0.29) is 23.5 Å². The Hall–Kier alpha value is -3.00. The van der Waals surface area contributed by atoms with Crippen molar-refractivity contribution in [1.82, 2.24) is 5.32 Å². The van der Waals surface area contributed by atoms with E-state index in [0.717, 1.165) is 0 Å². The van der Waals surface area contributed by atoms with Crippen LogP contribution in [0.5, 0.6) is 0 Å². The molecule has 0 aliphatic rings. The van der Waals surface area contributed by atoms with E-state index in [1.54, 1.807) is 13.0 Å². The molecule has 0 aliphatic heterocycles. The summed E-state index contributed by atoms with van der Waals surface area (Å²) >= 11 is 0. The first kappa shape index (κ1) is 17.4. The summed E-state index contributed by atoms with van der Waals surface area (Å²) in [6.07, 6.45) is -1.21. The van der Waals surface area contributed by atoms with Gasteiger partial charge in [-0.15, -0.1) is 0 Å². The number of non-ortho nitro benzene ring substituents is 1. The van der Waals surface area contributed by atoms with E-state index in [2.05, 4.69) is 10.6 Å². The number of nitro benzene ring substituents is 1. The van der Waals surface area contributed by atoms with Crippen LogP contribution >= 0.6 is 0 Å². The molecule has 0 aliphatic carbocycles. The number of benzene rings is 2. The van der Waals surface area contributed by atoms with Crippen molar-refractivity contribution >= 4 is 17.4 Å². The molecule has 0 aromatic heterocycles. The lowest BCUT2D eigenvalue weighted by Crippen LogP contribution is -2.32. The van der Waals surface area contributed by atoms with Gasteiger partial charge in [-0.25, -0.2) is 9.18 Å². The van der Waals surface area contributed by atoms with Gasteiger partial charge in [0.05, 0.1) is 16.7 Å². The van der Waals surface area contributed by atoms with Crippen LogP contribution in [0.1, 0.15) is 17.2 Å². The first-order valence-electron chi connectivity index (χ1n) is 7.11. The van der Waals surface area contributed by atoms with Crippen LogP contribution in [0.2, 0.25) is 0 Å². The van der Waals surface area contributed by atoms with Gasteiger partial charge in [-0.2, -0.15) is 0 Å². The van der Waals surface area contributed by atoms with E-state index in [9.17, 15) is 24.4 Å². The monoisotopic (exact) mass is 333 g/mol. The largest absolute Gasteiger partial charge is 0.386 e. The van der Waals surface area contributed by atoms with E-state index in [1.807, 2.05) is 0 Å². The van der Waals surface area contributed by atoms with Crippen LogP contribution in [0.25, 0.3) is 0 Å². The predicted octanol–water partition coefficient (Wildman–Crippen LogP) is 2.90. The number of hydrogen-bond donors (Lipinski definition) is 3. The minimum absolute atomic E-state index is 0.0735. The number of rotatable bonds is 5. The smallest absolute Gasteiger partial charge is 0.319 e. The summed E-state index contributed by atoms with van der Waals surface area (Å²) in [7, 11) is 0. The van der Waals surface area contributed by atoms with Crippen LogP contribution in [-0.4, -0.2) is 22.6 Å².